The SMILES string of the molecule is C1CCOCC1.Cc1ccc(NC(=O)NC2CCN(C(=O)C3CCOCC3)CC2)cc1.Cc1ccc(NC(=O)NC2CCNCC2)cc1.ClCCl.O=C=O.[B]. The Labute approximate surface area is 338 Å². The van der Waals surface area contributed by atoms with Gasteiger partial charge in [0.1, 0.15) is 0 Å². The fraction of sp³-hybridized carbons (Fsp3) is 0.590. The summed E-state index contributed by atoms with van der Waals surface area (Å²) < 4.78 is 10.4. The normalized spacial score (nSPS) is 17.1. The Kier molecular flexibility index (Phi) is 27.4. The van der Waals surface area contributed by atoms with E-state index < -0.39 is 0 Å². The Morgan fingerprint density at radius 1 is 0.691 bits per heavy atom. The molecule has 0 aromatic heterocycles. The van der Waals surface area contributed by atoms with E-state index in [1.165, 1.54) is 24.8 Å². The van der Waals surface area contributed by atoms with Crippen molar-refractivity contribution in [1.29, 1.82) is 0 Å². The zero-order valence-electron chi connectivity index (χ0n) is 32.2. The maximum atomic E-state index is 12.5. The molecule has 0 aliphatic carbocycles. The Morgan fingerprint density at radius 3 is 1.47 bits per heavy atom. The van der Waals surface area contributed by atoms with Crippen molar-refractivity contribution in [3.8, 4) is 0 Å². The van der Waals surface area contributed by atoms with Gasteiger partial charge in [0.25, 0.3) is 0 Å². The third kappa shape index (κ3) is 22.5. The summed E-state index contributed by atoms with van der Waals surface area (Å²) >= 11 is 9.53. The van der Waals surface area contributed by atoms with Crippen molar-refractivity contribution in [3.05, 3.63) is 59.7 Å². The minimum atomic E-state index is -0.182. The maximum absolute atomic E-state index is 12.5. The molecule has 13 nitrogen and oxygen atoms in total. The van der Waals surface area contributed by atoms with Crippen molar-refractivity contribution in [1.82, 2.24) is 20.9 Å². The van der Waals surface area contributed by atoms with Gasteiger partial charge in [-0.2, -0.15) is 9.59 Å². The summed E-state index contributed by atoms with van der Waals surface area (Å²) in [7, 11) is 0. The van der Waals surface area contributed by atoms with Crippen LogP contribution in [0.3, 0.4) is 0 Å². The van der Waals surface area contributed by atoms with Gasteiger partial charge < -0.3 is 41.0 Å². The van der Waals surface area contributed by atoms with Crippen molar-refractivity contribution >= 4 is 67.1 Å². The second kappa shape index (κ2) is 30.6. The number of nitrogens with one attached hydrogen (secondary N) is 5. The molecule has 303 valence electrons. The number of anilines is 2. The lowest BCUT2D eigenvalue weighted by atomic mass is 9.96. The highest BCUT2D eigenvalue weighted by Crippen LogP contribution is 2.21. The van der Waals surface area contributed by atoms with Crippen LogP contribution in [0.25, 0.3) is 0 Å². The summed E-state index contributed by atoms with van der Waals surface area (Å²) in [6, 6.07) is 15.6. The number of piperidine rings is 2. The molecule has 2 aromatic carbocycles. The van der Waals surface area contributed by atoms with E-state index in [-0.39, 0.29) is 49.8 Å². The number of ether oxygens (including phenoxy) is 2. The molecule has 2 aromatic rings. The van der Waals surface area contributed by atoms with Crippen LogP contribution in [0.1, 0.15) is 68.9 Å². The van der Waals surface area contributed by atoms with Crippen molar-refractivity contribution in [2.24, 2.45) is 5.92 Å². The number of hydrogen-bond donors (Lipinski definition) is 5. The van der Waals surface area contributed by atoms with E-state index in [9.17, 15) is 14.4 Å². The molecule has 16 heteroatoms. The standard InChI is InChI=1S/C19H27N3O3.C13H19N3O.C5H10O.CH2Cl2.CO2.B/c1-14-2-4-16(5-3-14)20-19(24)21-17-6-10-22(11-7-17)18(23)15-8-12-25-13-9-15;1-10-2-4-11(5-3-10)15-13(17)16-12-6-8-14-9-7-12;1-2-4-6-5-3-1;2*2-1-3;/h2-5,15,17H,6-13H2,1H3,(H2,20,21,24);2-5,12,14H,6-9H2,1H3,(H2,15,16,17);1-5H2;1H2;;. The van der Waals surface area contributed by atoms with Gasteiger partial charge in [0.05, 0.1) is 5.34 Å². The van der Waals surface area contributed by atoms with Gasteiger partial charge in [-0.25, -0.2) is 9.59 Å². The lowest BCUT2D eigenvalue weighted by molar-refractivity contribution is -0.191. The number of nitrogens with zero attached hydrogens (tertiary/aromatic N) is 1. The molecule has 3 radical (unpaired) electrons. The number of carbonyl (C=O) groups is 3. The lowest BCUT2D eigenvalue weighted by Crippen LogP contribution is -2.49. The van der Waals surface area contributed by atoms with Gasteiger partial charge in [-0.05, 0) is 109 Å². The van der Waals surface area contributed by atoms with E-state index in [0.717, 1.165) is 81.8 Å². The van der Waals surface area contributed by atoms with Gasteiger partial charge in [0.15, 0.2) is 0 Å². The zero-order chi connectivity index (χ0) is 39.4. The van der Waals surface area contributed by atoms with E-state index in [1.807, 2.05) is 67.3 Å². The second-order valence-corrected chi connectivity index (χ2v) is 14.1. The van der Waals surface area contributed by atoms with Gasteiger partial charge in [-0.15, -0.1) is 23.2 Å². The monoisotopic (exact) mass is 803 g/mol. The van der Waals surface area contributed by atoms with Gasteiger partial charge in [0, 0.05) is 77.3 Å². The Hall–Kier alpha value is -3.65. The Bertz CT molecular complexity index is 1350. The highest BCUT2D eigenvalue weighted by molar-refractivity contribution is 6.40. The smallest absolute Gasteiger partial charge is 0.373 e. The molecule has 4 aliphatic rings. The van der Waals surface area contributed by atoms with Crippen LogP contribution >= 0.6 is 23.2 Å². The van der Waals surface area contributed by atoms with Crippen LogP contribution in [-0.4, -0.2) is 107 Å². The first-order valence-electron chi connectivity index (χ1n) is 18.7. The highest BCUT2D eigenvalue weighted by Gasteiger charge is 2.29. The topological polar surface area (TPSA) is 167 Å². The number of rotatable bonds is 5. The van der Waals surface area contributed by atoms with Gasteiger partial charge in [-0.3, -0.25) is 4.79 Å². The van der Waals surface area contributed by atoms with Crippen LogP contribution in [0.15, 0.2) is 48.5 Å². The van der Waals surface area contributed by atoms with Crippen molar-refractivity contribution < 1.29 is 33.4 Å². The summed E-state index contributed by atoms with van der Waals surface area (Å²) in [5.74, 6) is 0.369. The largest absolute Gasteiger partial charge is 0.381 e. The molecular formula is C39H58BCl2N6O7. The molecule has 5 N–H and O–H groups in total. The van der Waals surface area contributed by atoms with Crippen LogP contribution in [0.5, 0.6) is 0 Å². The third-order valence-corrected chi connectivity index (χ3v) is 9.08. The summed E-state index contributed by atoms with van der Waals surface area (Å²) in [6.45, 7) is 10.8. The molecule has 55 heavy (non-hydrogen) atoms. The first-order valence-corrected chi connectivity index (χ1v) is 19.8. The van der Waals surface area contributed by atoms with E-state index in [0.29, 0.717) is 32.3 Å². The van der Waals surface area contributed by atoms with E-state index in [4.69, 9.17) is 42.3 Å². The minimum Gasteiger partial charge on any atom is -0.381 e. The average molecular weight is 805 g/mol. The number of halogens is 2. The number of benzene rings is 2. The summed E-state index contributed by atoms with van der Waals surface area (Å²) in [5.41, 5.74) is 3.97. The average Bonchev–Trinajstić information content (AvgIpc) is 3.19. The quantitative estimate of drug-likeness (QED) is 0.180. The van der Waals surface area contributed by atoms with Gasteiger partial charge in [-0.1, -0.05) is 35.4 Å². The minimum absolute atomic E-state index is 0. The number of likely N-dealkylation sites (tertiary alicyclic amines) is 1. The third-order valence-electron chi connectivity index (χ3n) is 9.08. The summed E-state index contributed by atoms with van der Waals surface area (Å²) in [6.07, 6.45) is 9.45. The molecule has 4 aliphatic heterocycles. The van der Waals surface area contributed by atoms with Crippen LogP contribution in [0, 0.1) is 19.8 Å². The summed E-state index contributed by atoms with van der Waals surface area (Å²) in [4.78, 5) is 54.6. The molecule has 0 unspecified atom stereocenters. The van der Waals surface area contributed by atoms with Crippen LogP contribution in [-0.2, 0) is 23.9 Å². The van der Waals surface area contributed by atoms with Crippen molar-refractivity contribution in [2.45, 2.75) is 83.7 Å². The number of carbonyl (C=O) groups excluding carboxylic acids is 5. The lowest BCUT2D eigenvalue weighted by Gasteiger charge is -2.35. The van der Waals surface area contributed by atoms with Gasteiger partial charge in [0.2, 0.25) is 5.91 Å². The molecule has 5 amide bonds. The number of aryl methyl sites for hydroxylation is 2. The molecule has 6 rings (SSSR count). The van der Waals surface area contributed by atoms with Crippen molar-refractivity contribution in [3.63, 3.8) is 0 Å². The molecule has 0 atom stereocenters. The molecule has 0 saturated carbocycles. The predicted molar refractivity (Wildman–Crippen MR) is 218 cm³/mol. The number of urea groups is 2. The molecule has 0 bridgehead atoms. The summed E-state index contributed by atoms with van der Waals surface area (Å²) in [5, 5.41) is 15.2. The van der Waals surface area contributed by atoms with Crippen LogP contribution < -0.4 is 26.6 Å². The van der Waals surface area contributed by atoms with E-state index in [2.05, 4.69) is 26.6 Å². The van der Waals surface area contributed by atoms with E-state index in [1.54, 1.807) is 0 Å². The first kappa shape index (κ1) is 49.4. The van der Waals surface area contributed by atoms with Crippen molar-refractivity contribution in [2.75, 3.05) is 68.6 Å². The van der Waals surface area contributed by atoms with Crippen LogP contribution in [0.2, 0.25) is 0 Å². The predicted octanol–water partition coefficient (Wildman–Crippen LogP) is 6.05. The highest BCUT2D eigenvalue weighted by atomic mass is 35.5. The number of alkyl halides is 2. The Morgan fingerprint density at radius 2 is 1.09 bits per heavy atom. The van der Waals surface area contributed by atoms with E-state index >= 15 is 0 Å². The fourth-order valence-electron chi connectivity index (χ4n) is 6.08. The molecular weight excluding hydrogens is 746 g/mol. The molecule has 4 heterocycles. The van der Waals surface area contributed by atoms with Gasteiger partial charge >= 0.3 is 18.2 Å². The van der Waals surface area contributed by atoms with Crippen LogP contribution in [0.4, 0.5) is 21.0 Å². The fourth-order valence-corrected chi connectivity index (χ4v) is 6.08. The number of amides is 5. The zero-order valence-corrected chi connectivity index (χ0v) is 33.7. The molecule has 0 spiro atoms. The first-order chi connectivity index (χ1) is 26.2. The maximum Gasteiger partial charge on any atom is 0.373 e. The Balaban J connectivity index is 0.000000433. The molecule has 4 fully saturated rings. The number of hydrogen-bond acceptors (Lipinski definition) is 8. The second-order valence-electron chi connectivity index (χ2n) is 13.3. The molecule has 4 saturated heterocycles.